The number of hydrogen-bond donors (Lipinski definition) is 0. The van der Waals surface area contributed by atoms with Gasteiger partial charge in [0.15, 0.2) is 0 Å². The first-order valence-electron chi connectivity index (χ1n) is 4.39. The van der Waals surface area contributed by atoms with Crippen molar-refractivity contribution in [2.75, 3.05) is 0 Å². The van der Waals surface area contributed by atoms with E-state index in [1.54, 1.807) is 0 Å². The standard InChI is InChI=1S/C9H13ClO/c10-9-3-1-2-7(5-9)4-8(11)6-9/h7H,1-6H2/t7-,9+/m0/s1. The van der Waals surface area contributed by atoms with Crippen molar-refractivity contribution in [2.45, 2.75) is 43.4 Å². The second-order valence-electron chi connectivity index (χ2n) is 4.03. The Morgan fingerprint density at radius 1 is 1.55 bits per heavy atom. The first-order valence-corrected chi connectivity index (χ1v) is 4.76. The van der Waals surface area contributed by atoms with Crippen LogP contribution >= 0.6 is 11.6 Å². The van der Waals surface area contributed by atoms with E-state index in [0.717, 1.165) is 19.3 Å². The maximum Gasteiger partial charge on any atom is 0.134 e. The van der Waals surface area contributed by atoms with Gasteiger partial charge in [-0.1, -0.05) is 6.42 Å². The van der Waals surface area contributed by atoms with Gasteiger partial charge in [0.1, 0.15) is 5.78 Å². The summed E-state index contributed by atoms with van der Waals surface area (Å²) in [6.45, 7) is 0. The highest BCUT2D eigenvalue weighted by Gasteiger charge is 2.40. The molecule has 1 nitrogen and oxygen atoms in total. The van der Waals surface area contributed by atoms with Gasteiger partial charge in [-0.15, -0.1) is 11.6 Å². The van der Waals surface area contributed by atoms with Crippen molar-refractivity contribution in [2.24, 2.45) is 5.92 Å². The lowest BCUT2D eigenvalue weighted by atomic mass is 9.71. The number of rotatable bonds is 0. The highest BCUT2D eigenvalue weighted by Crippen LogP contribution is 2.45. The van der Waals surface area contributed by atoms with Crippen LogP contribution in [0, 0.1) is 5.92 Å². The highest BCUT2D eigenvalue weighted by atomic mass is 35.5. The molecule has 0 saturated heterocycles. The minimum Gasteiger partial charge on any atom is -0.300 e. The van der Waals surface area contributed by atoms with Crippen LogP contribution in [0.5, 0.6) is 0 Å². The number of fused-ring (bicyclic) bond motifs is 2. The number of carbonyl (C=O) groups is 1. The molecule has 0 spiro atoms. The number of halogens is 1. The number of ketones is 1. The number of alkyl halides is 1. The first kappa shape index (κ1) is 7.60. The van der Waals surface area contributed by atoms with Crippen molar-refractivity contribution in [3.63, 3.8) is 0 Å². The zero-order chi connectivity index (χ0) is 7.90. The van der Waals surface area contributed by atoms with Crippen LogP contribution in [0.15, 0.2) is 0 Å². The van der Waals surface area contributed by atoms with Gasteiger partial charge in [0.2, 0.25) is 0 Å². The van der Waals surface area contributed by atoms with Crippen LogP contribution in [0.2, 0.25) is 0 Å². The summed E-state index contributed by atoms with van der Waals surface area (Å²) in [5.41, 5.74) is 0. The number of Topliss-reactive ketones (excluding diaryl/α,β-unsaturated/α-hetero) is 1. The molecular formula is C9H13ClO. The summed E-state index contributed by atoms with van der Waals surface area (Å²) in [6.07, 6.45) is 6.01. The van der Waals surface area contributed by atoms with Crippen LogP contribution in [0.4, 0.5) is 0 Å². The van der Waals surface area contributed by atoms with Crippen molar-refractivity contribution < 1.29 is 4.79 Å². The molecule has 2 heteroatoms. The fourth-order valence-corrected chi connectivity index (χ4v) is 3.01. The van der Waals surface area contributed by atoms with Gasteiger partial charge in [-0.3, -0.25) is 4.79 Å². The Labute approximate surface area is 72.1 Å². The van der Waals surface area contributed by atoms with Crippen LogP contribution in [-0.4, -0.2) is 10.7 Å². The Kier molecular flexibility index (Phi) is 1.71. The molecule has 62 valence electrons. The molecule has 0 aromatic rings. The highest BCUT2D eigenvalue weighted by molar-refractivity contribution is 6.25. The van der Waals surface area contributed by atoms with Gasteiger partial charge in [-0.2, -0.15) is 0 Å². The van der Waals surface area contributed by atoms with Gasteiger partial charge < -0.3 is 0 Å². The van der Waals surface area contributed by atoms with Crippen LogP contribution in [0.1, 0.15) is 38.5 Å². The van der Waals surface area contributed by atoms with Crippen molar-refractivity contribution >= 4 is 17.4 Å². The monoisotopic (exact) mass is 172 g/mol. The van der Waals surface area contributed by atoms with Gasteiger partial charge in [0, 0.05) is 12.8 Å². The minimum absolute atomic E-state index is 0.127. The summed E-state index contributed by atoms with van der Waals surface area (Å²) >= 11 is 6.28. The van der Waals surface area contributed by atoms with E-state index in [0.29, 0.717) is 18.1 Å². The Bertz CT molecular complexity index is 190. The summed E-state index contributed by atoms with van der Waals surface area (Å²) in [7, 11) is 0. The molecule has 0 amide bonds. The van der Waals surface area contributed by atoms with E-state index in [1.165, 1.54) is 12.8 Å². The van der Waals surface area contributed by atoms with E-state index in [1.807, 2.05) is 0 Å². The van der Waals surface area contributed by atoms with Crippen LogP contribution in [0.25, 0.3) is 0 Å². The van der Waals surface area contributed by atoms with E-state index in [2.05, 4.69) is 0 Å². The average Bonchev–Trinajstić information content (AvgIpc) is 1.82. The summed E-state index contributed by atoms with van der Waals surface area (Å²) in [5.74, 6) is 0.999. The van der Waals surface area contributed by atoms with Crippen molar-refractivity contribution in [1.82, 2.24) is 0 Å². The SMILES string of the molecule is O=C1C[C@@H]2CCC[C@](Cl)(C1)C2. The predicted molar refractivity (Wildman–Crippen MR) is 44.8 cm³/mol. The summed E-state index contributed by atoms with van der Waals surface area (Å²) in [6, 6.07) is 0. The van der Waals surface area contributed by atoms with E-state index in [9.17, 15) is 4.79 Å². The number of carbonyl (C=O) groups excluding carboxylic acids is 1. The van der Waals surface area contributed by atoms with Gasteiger partial charge >= 0.3 is 0 Å². The first-order chi connectivity index (χ1) is 5.18. The molecule has 11 heavy (non-hydrogen) atoms. The Balaban J connectivity index is 2.15. The summed E-state index contributed by atoms with van der Waals surface area (Å²) < 4.78 is 0. The molecule has 0 radical (unpaired) electrons. The summed E-state index contributed by atoms with van der Waals surface area (Å²) in [5, 5.41) is 0. The quantitative estimate of drug-likeness (QED) is 0.514. The molecule has 2 aliphatic rings. The maximum absolute atomic E-state index is 11.2. The molecule has 0 unspecified atom stereocenters. The number of hydrogen-bond acceptors (Lipinski definition) is 1. The molecular weight excluding hydrogens is 160 g/mol. The molecule has 2 bridgehead atoms. The van der Waals surface area contributed by atoms with Crippen molar-refractivity contribution in [3.05, 3.63) is 0 Å². The van der Waals surface area contributed by atoms with Gasteiger partial charge in [0.05, 0.1) is 4.87 Å². The topological polar surface area (TPSA) is 17.1 Å². The third-order valence-electron chi connectivity index (χ3n) is 2.92. The molecule has 2 aliphatic carbocycles. The Morgan fingerprint density at radius 2 is 2.36 bits per heavy atom. The minimum atomic E-state index is -0.127. The average molecular weight is 173 g/mol. The molecule has 0 heterocycles. The predicted octanol–water partition coefficient (Wildman–Crippen LogP) is 2.52. The van der Waals surface area contributed by atoms with Crippen molar-refractivity contribution in [3.8, 4) is 0 Å². The second-order valence-corrected chi connectivity index (χ2v) is 4.83. The van der Waals surface area contributed by atoms with Crippen molar-refractivity contribution in [1.29, 1.82) is 0 Å². The normalized spacial score (nSPS) is 44.1. The van der Waals surface area contributed by atoms with Gasteiger partial charge in [-0.05, 0) is 25.2 Å². The van der Waals surface area contributed by atoms with Crippen LogP contribution in [0.3, 0.4) is 0 Å². The van der Waals surface area contributed by atoms with Crippen LogP contribution in [-0.2, 0) is 4.79 Å². The zero-order valence-electron chi connectivity index (χ0n) is 6.61. The fraction of sp³-hybridized carbons (Fsp3) is 0.889. The third kappa shape index (κ3) is 1.44. The Morgan fingerprint density at radius 3 is 3.09 bits per heavy atom. The smallest absolute Gasteiger partial charge is 0.134 e. The zero-order valence-corrected chi connectivity index (χ0v) is 7.36. The summed E-state index contributed by atoms with van der Waals surface area (Å²) in [4.78, 5) is 11.1. The molecule has 0 N–H and O–H groups in total. The lowest BCUT2D eigenvalue weighted by Gasteiger charge is -2.39. The van der Waals surface area contributed by atoms with Gasteiger partial charge in [0.25, 0.3) is 0 Å². The van der Waals surface area contributed by atoms with Crippen LogP contribution < -0.4 is 0 Å². The fourth-order valence-electron chi connectivity index (χ4n) is 2.51. The second kappa shape index (κ2) is 2.48. The lowest BCUT2D eigenvalue weighted by Crippen LogP contribution is -2.38. The molecule has 2 rings (SSSR count). The molecule has 2 fully saturated rings. The molecule has 2 saturated carbocycles. The maximum atomic E-state index is 11.2. The van der Waals surface area contributed by atoms with E-state index >= 15 is 0 Å². The van der Waals surface area contributed by atoms with Gasteiger partial charge in [-0.25, -0.2) is 0 Å². The lowest BCUT2D eigenvalue weighted by molar-refractivity contribution is -0.123. The Hall–Kier alpha value is -0.0400. The molecule has 2 atom stereocenters. The largest absolute Gasteiger partial charge is 0.300 e. The molecule has 0 aromatic carbocycles. The molecule has 0 aliphatic heterocycles. The van der Waals surface area contributed by atoms with E-state index in [4.69, 9.17) is 11.6 Å². The molecule has 0 aromatic heterocycles. The van der Waals surface area contributed by atoms with E-state index < -0.39 is 0 Å². The third-order valence-corrected chi connectivity index (χ3v) is 3.40. The van der Waals surface area contributed by atoms with E-state index in [-0.39, 0.29) is 4.87 Å².